The summed E-state index contributed by atoms with van der Waals surface area (Å²) in [5, 5.41) is 8.37. The van der Waals surface area contributed by atoms with E-state index in [1.54, 1.807) is 0 Å². The molecule has 6 heteroatoms. The standard InChI is InChI=1S/C6H8F3NO2/c7-6(8,9)5(4(11)12)1-3(5)2-10/h3H,1-2,10H2,(H,11,12)/t3-,5+/m0/s1. The highest BCUT2D eigenvalue weighted by Gasteiger charge is 2.75. The molecule has 0 bridgehead atoms. The van der Waals surface area contributed by atoms with Crippen molar-refractivity contribution in [3.05, 3.63) is 0 Å². The van der Waals surface area contributed by atoms with Gasteiger partial charge in [-0.15, -0.1) is 0 Å². The van der Waals surface area contributed by atoms with Crippen LogP contribution in [0.5, 0.6) is 0 Å². The molecule has 0 saturated heterocycles. The summed E-state index contributed by atoms with van der Waals surface area (Å²) in [6, 6.07) is 0. The predicted octanol–water partition coefficient (Wildman–Crippen LogP) is 0.598. The highest BCUT2D eigenvalue weighted by Crippen LogP contribution is 2.62. The zero-order chi connectivity index (χ0) is 9.57. The summed E-state index contributed by atoms with van der Waals surface area (Å²) >= 11 is 0. The third-order valence-electron chi connectivity index (χ3n) is 2.28. The first kappa shape index (κ1) is 9.31. The molecule has 70 valence electrons. The topological polar surface area (TPSA) is 63.3 Å². The lowest BCUT2D eigenvalue weighted by Gasteiger charge is -2.15. The van der Waals surface area contributed by atoms with E-state index in [1.807, 2.05) is 0 Å². The van der Waals surface area contributed by atoms with Crippen LogP contribution in [-0.4, -0.2) is 23.8 Å². The maximum Gasteiger partial charge on any atom is 0.405 e. The quantitative estimate of drug-likeness (QED) is 0.658. The fourth-order valence-electron chi connectivity index (χ4n) is 1.34. The number of rotatable bonds is 2. The Morgan fingerprint density at radius 2 is 2.17 bits per heavy atom. The molecule has 0 aromatic rings. The van der Waals surface area contributed by atoms with Crippen molar-refractivity contribution in [1.29, 1.82) is 0 Å². The Hall–Kier alpha value is -0.780. The normalized spacial score (nSPS) is 34.8. The van der Waals surface area contributed by atoms with E-state index < -0.39 is 23.5 Å². The van der Waals surface area contributed by atoms with E-state index >= 15 is 0 Å². The summed E-state index contributed by atoms with van der Waals surface area (Å²) in [6.07, 6.45) is -5.06. The van der Waals surface area contributed by atoms with Gasteiger partial charge in [0, 0.05) is 0 Å². The van der Waals surface area contributed by atoms with E-state index in [9.17, 15) is 18.0 Å². The van der Waals surface area contributed by atoms with E-state index in [2.05, 4.69) is 0 Å². The average molecular weight is 183 g/mol. The first-order valence-corrected chi connectivity index (χ1v) is 3.36. The number of carboxylic acids is 1. The predicted molar refractivity (Wildman–Crippen MR) is 33.3 cm³/mol. The van der Waals surface area contributed by atoms with E-state index in [-0.39, 0.29) is 13.0 Å². The molecule has 1 aliphatic carbocycles. The number of alkyl halides is 3. The molecule has 0 radical (unpaired) electrons. The largest absolute Gasteiger partial charge is 0.481 e. The zero-order valence-electron chi connectivity index (χ0n) is 6.06. The second kappa shape index (κ2) is 2.35. The highest BCUT2D eigenvalue weighted by molar-refractivity contribution is 5.79. The number of hydrogen-bond acceptors (Lipinski definition) is 2. The minimum absolute atomic E-state index is 0.230. The SMILES string of the molecule is NC[C@@H]1C[C@@]1(C(=O)O)C(F)(F)F. The zero-order valence-corrected chi connectivity index (χ0v) is 6.06. The summed E-state index contributed by atoms with van der Waals surface area (Å²) in [5.74, 6) is -2.76. The number of carbonyl (C=O) groups is 1. The van der Waals surface area contributed by atoms with Crippen LogP contribution >= 0.6 is 0 Å². The van der Waals surface area contributed by atoms with Crippen LogP contribution in [0.15, 0.2) is 0 Å². The van der Waals surface area contributed by atoms with Crippen molar-refractivity contribution in [3.63, 3.8) is 0 Å². The van der Waals surface area contributed by atoms with Crippen molar-refractivity contribution in [2.75, 3.05) is 6.54 Å². The molecule has 1 saturated carbocycles. The van der Waals surface area contributed by atoms with Crippen LogP contribution in [-0.2, 0) is 4.79 Å². The molecular weight excluding hydrogens is 175 g/mol. The second-order valence-corrected chi connectivity index (χ2v) is 2.91. The molecule has 3 nitrogen and oxygen atoms in total. The third kappa shape index (κ3) is 0.979. The lowest BCUT2D eigenvalue weighted by Crippen LogP contribution is -2.35. The van der Waals surface area contributed by atoms with Crippen LogP contribution in [0.25, 0.3) is 0 Å². The first-order valence-electron chi connectivity index (χ1n) is 3.36. The van der Waals surface area contributed by atoms with E-state index in [4.69, 9.17) is 10.8 Å². The third-order valence-corrected chi connectivity index (χ3v) is 2.28. The number of halogens is 3. The molecule has 3 N–H and O–H groups in total. The lowest BCUT2D eigenvalue weighted by molar-refractivity contribution is -0.206. The molecule has 1 aliphatic rings. The van der Waals surface area contributed by atoms with Gasteiger partial charge >= 0.3 is 12.1 Å². The Bertz CT molecular complexity index is 215. The van der Waals surface area contributed by atoms with Gasteiger partial charge < -0.3 is 10.8 Å². The summed E-state index contributed by atoms with van der Waals surface area (Å²) in [4.78, 5) is 10.3. The van der Waals surface area contributed by atoms with Crippen molar-refractivity contribution in [1.82, 2.24) is 0 Å². The Morgan fingerprint density at radius 1 is 1.67 bits per heavy atom. The number of aliphatic carboxylic acids is 1. The van der Waals surface area contributed by atoms with Gasteiger partial charge in [0.1, 0.15) is 0 Å². The van der Waals surface area contributed by atoms with Crippen LogP contribution in [0.2, 0.25) is 0 Å². The Labute approximate surface area is 66.4 Å². The van der Waals surface area contributed by atoms with Gasteiger partial charge in [0.25, 0.3) is 0 Å². The molecule has 0 aliphatic heterocycles. The summed E-state index contributed by atoms with van der Waals surface area (Å²) in [7, 11) is 0. The molecule has 12 heavy (non-hydrogen) atoms. The Balaban J connectivity index is 2.87. The van der Waals surface area contributed by atoms with Crippen molar-refractivity contribution in [2.45, 2.75) is 12.6 Å². The van der Waals surface area contributed by atoms with Gasteiger partial charge in [-0.25, -0.2) is 0 Å². The highest BCUT2D eigenvalue weighted by atomic mass is 19.4. The van der Waals surface area contributed by atoms with Gasteiger partial charge in [-0.2, -0.15) is 13.2 Å². The molecule has 0 aromatic carbocycles. The van der Waals surface area contributed by atoms with Crippen molar-refractivity contribution in [3.8, 4) is 0 Å². The minimum atomic E-state index is -4.68. The lowest BCUT2D eigenvalue weighted by atomic mass is 10.0. The van der Waals surface area contributed by atoms with E-state index in [0.717, 1.165) is 0 Å². The number of nitrogens with two attached hydrogens (primary N) is 1. The fourth-order valence-corrected chi connectivity index (χ4v) is 1.34. The summed E-state index contributed by atoms with van der Waals surface area (Å²) in [5.41, 5.74) is 2.43. The van der Waals surface area contributed by atoms with E-state index in [0.29, 0.717) is 0 Å². The molecule has 2 atom stereocenters. The number of hydrogen-bond donors (Lipinski definition) is 2. The smallest absolute Gasteiger partial charge is 0.405 e. The maximum atomic E-state index is 12.1. The van der Waals surface area contributed by atoms with Crippen LogP contribution < -0.4 is 5.73 Å². The van der Waals surface area contributed by atoms with Gasteiger partial charge in [-0.1, -0.05) is 0 Å². The molecular formula is C6H8F3NO2. The van der Waals surface area contributed by atoms with Crippen LogP contribution in [0.3, 0.4) is 0 Å². The first-order chi connectivity index (χ1) is 5.36. The van der Waals surface area contributed by atoms with Crippen molar-refractivity contribution in [2.24, 2.45) is 17.1 Å². The molecule has 0 spiro atoms. The van der Waals surface area contributed by atoms with Crippen LogP contribution in [0, 0.1) is 11.3 Å². The summed E-state index contributed by atoms with van der Waals surface area (Å²) < 4.78 is 36.4. The molecule has 0 heterocycles. The van der Waals surface area contributed by atoms with Crippen molar-refractivity contribution < 1.29 is 23.1 Å². The fraction of sp³-hybridized carbons (Fsp3) is 0.833. The molecule has 0 amide bonds. The Morgan fingerprint density at radius 3 is 2.25 bits per heavy atom. The van der Waals surface area contributed by atoms with Crippen LogP contribution in [0.1, 0.15) is 6.42 Å². The van der Waals surface area contributed by atoms with Gasteiger partial charge in [-0.05, 0) is 18.9 Å². The van der Waals surface area contributed by atoms with Crippen LogP contribution in [0.4, 0.5) is 13.2 Å². The van der Waals surface area contributed by atoms with Gasteiger partial charge in [-0.3, -0.25) is 4.79 Å². The minimum Gasteiger partial charge on any atom is -0.481 e. The van der Waals surface area contributed by atoms with Crippen molar-refractivity contribution >= 4 is 5.97 Å². The monoisotopic (exact) mass is 183 g/mol. The van der Waals surface area contributed by atoms with Gasteiger partial charge in [0.05, 0.1) is 0 Å². The van der Waals surface area contributed by atoms with Gasteiger partial charge in [0.15, 0.2) is 5.41 Å². The molecule has 1 rings (SSSR count). The maximum absolute atomic E-state index is 12.1. The Kier molecular flexibility index (Phi) is 1.82. The average Bonchev–Trinajstić information content (AvgIpc) is 2.59. The second-order valence-electron chi connectivity index (χ2n) is 2.91. The van der Waals surface area contributed by atoms with Gasteiger partial charge in [0.2, 0.25) is 0 Å². The van der Waals surface area contributed by atoms with E-state index in [1.165, 1.54) is 0 Å². The molecule has 0 unspecified atom stereocenters. The summed E-state index contributed by atoms with van der Waals surface area (Å²) in [6.45, 7) is -0.230. The molecule has 1 fully saturated rings. The number of carboxylic acid groups (broad SMARTS) is 1. The molecule has 0 aromatic heterocycles.